The third-order valence-electron chi connectivity index (χ3n) is 2.48. The highest BCUT2D eigenvalue weighted by Crippen LogP contribution is 2.25. The molecule has 0 aliphatic rings. The summed E-state index contributed by atoms with van der Waals surface area (Å²) in [6.07, 6.45) is 0. The Kier molecular flexibility index (Phi) is 5.55. The van der Waals surface area contributed by atoms with E-state index in [4.69, 9.17) is 5.73 Å². The van der Waals surface area contributed by atoms with Crippen molar-refractivity contribution in [1.29, 1.82) is 0 Å². The second-order valence-electron chi connectivity index (χ2n) is 4.67. The maximum Gasteiger partial charge on any atom is 0.245 e. The molecule has 0 fully saturated rings. The maximum atomic E-state index is 12.4. The van der Waals surface area contributed by atoms with Crippen LogP contribution in [0, 0.1) is 0 Å². The lowest BCUT2D eigenvalue weighted by atomic mass is 10.3. The predicted molar refractivity (Wildman–Crippen MR) is 81.6 cm³/mol. The quantitative estimate of drug-likeness (QED) is 0.768. The largest absolute Gasteiger partial charge is 0.398 e. The fraction of sp³-hybridized carbons (Fsp3) is 0.417. The summed E-state index contributed by atoms with van der Waals surface area (Å²) in [5.41, 5.74) is 5.84. The number of halogens is 1. The maximum absolute atomic E-state index is 12.4. The van der Waals surface area contributed by atoms with E-state index in [0.29, 0.717) is 4.47 Å². The zero-order valence-electron chi connectivity index (χ0n) is 11.6. The Bertz CT molecular complexity index is 602. The Morgan fingerprint density at radius 2 is 2.05 bits per heavy atom. The first-order valence-corrected chi connectivity index (χ1v) is 8.18. The van der Waals surface area contributed by atoms with Crippen LogP contribution in [0.3, 0.4) is 0 Å². The van der Waals surface area contributed by atoms with Gasteiger partial charge in [0.25, 0.3) is 0 Å². The molecule has 0 aliphatic heterocycles. The third-order valence-corrected chi connectivity index (χ3v) is 4.83. The van der Waals surface area contributed by atoms with E-state index in [0.717, 1.165) is 4.31 Å². The minimum absolute atomic E-state index is 0.0216. The first-order valence-electron chi connectivity index (χ1n) is 5.95. The number of nitrogens with one attached hydrogen (secondary N) is 1. The predicted octanol–water partition coefficient (Wildman–Crippen LogP) is 1.18. The molecule has 0 aromatic heterocycles. The fourth-order valence-electron chi connectivity index (χ4n) is 1.55. The van der Waals surface area contributed by atoms with Crippen molar-refractivity contribution in [2.75, 3.05) is 19.3 Å². The number of benzene rings is 1. The van der Waals surface area contributed by atoms with E-state index in [2.05, 4.69) is 21.2 Å². The number of carbonyl (C=O) groups is 1. The van der Waals surface area contributed by atoms with Gasteiger partial charge >= 0.3 is 0 Å². The van der Waals surface area contributed by atoms with E-state index in [-0.39, 0.29) is 29.1 Å². The smallest absolute Gasteiger partial charge is 0.245 e. The van der Waals surface area contributed by atoms with E-state index < -0.39 is 10.0 Å². The summed E-state index contributed by atoms with van der Waals surface area (Å²) in [7, 11) is -2.46. The van der Waals surface area contributed by atoms with E-state index in [1.165, 1.54) is 19.2 Å². The molecule has 0 saturated carbocycles. The number of hydrogen-bond acceptors (Lipinski definition) is 4. The summed E-state index contributed by atoms with van der Waals surface area (Å²) in [5, 5.41) is 2.64. The van der Waals surface area contributed by atoms with Crippen molar-refractivity contribution < 1.29 is 13.2 Å². The van der Waals surface area contributed by atoms with Gasteiger partial charge in [0, 0.05) is 17.6 Å². The van der Waals surface area contributed by atoms with Crippen molar-refractivity contribution in [3.63, 3.8) is 0 Å². The Morgan fingerprint density at radius 1 is 1.45 bits per heavy atom. The topological polar surface area (TPSA) is 92.5 Å². The molecule has 112 valence electrons. The van der Waals surface area contributed by atoms with Gasteiger partial charge in [-0.1, -0.05) is 15.9 Å². The molecule has 1 rings (SSSR count). The van der Waals surface area contributed by atoms with Crippen molar-refractivity contribution >= 4 is 37.5 Å². The zero-order chi connectivity index (χ0) is 15.5. The number of amides is 1. The van der Waals surface area contributed by atoms with Crippen LogP contribution in [-0.2, 0) is 14.8 Å². The first kappa shape index (κ1) is 16.9. The Hall–Kier alpha value is -1.12. The lowest BCUT2D eigenvalue weighted by Gasteiger charge is -2.19. The first-order chi connectivity index (χ1) is 9.14. The van der Waals surface area contributed by atoms with E-state index in [9.17, 15) is 13.2 Å². The minimum Gasteiger partial charge on any atom is -0.398 e. The van der Waals surface area contributed by atoms with Crippen molar-refractivity contribution in [3.05, 3.63) is 22.7 Å². The number of hydrogen-bond donors (Lipinski definition) is 2. The highest BCUT2D eigenvalue weighted by atomic mass is 79.9. The van der Waals surface area contributed by atoms with Crippen LogP contribution < -0.4 is 11.1 Å². The van der Waals surface area contributed by atoms with Gasteiger partial charge in [0.15, 0.2) is 0 Å². The molecule has 0 spiro atoms. The van der Waals surface area contributed by atoms with Crippen molar-refractivity contribution in [2.24, 2.45) is 0 Å². The van der Waals surface area contributed by atoms with E-state index in [1.807, 2.05) is 0 Å². The van der Waals surface area contributed by atoms with Crippen LogP contribution in [-0.4, -0.2) is 38.3 Å². The number of carbonyl (C=O) groups excluding carboxylic acids is 1. The molecule has 0 aliphatic carbocycles. The monoisotopic (exact) mass is 363 g/mol. The number of rotatable bonds is 5. The summed E-state index contributed by atoms with van der Waals surface area (Å²) >= 11 is 3.20. The molecule has 3 N–H and O–H groups in total. The van der Waals surface area contributed by atoms with Crippen molar-refractivity contribution in [1.82, 2.24) is 9.62 Å². The zero-order valence-corrected chi connectivity index (χ0v) is 14.0. The number of nitrogens with two attached hydrogens (primary N) is 1. The molecule has 0 unspecified atom stereocenters. The van der Waals surface area contributed by atoms with Gasteiger partial charge in [0.2, 0.25) is 15.9 Å². The number of sulfonamides is 1. The minimum atomic E-state index is -3.81. The molecular formula is C12H18BrN3O3S. The van der Waals surface area contributed by atoms with E-state index >= 15 is 0 Å². The molecule has 0 bridgehead atoms. The molecule has 6 nitrogen and oxygen atoms in total. The molecule has 1 amide bonds. The lowest BCUT2D eigenvalue weighted by molar-refractivity contribution is -0.121. The molecule has 20 heavy (non-hydrogen) atoms. The van der Waals surface area contributed by atoms with Gasteiger partial charge in [-0.15, -0.1) is 0 Å². The highest BCUT2D eigenvalue weighted by Gasteiger charge is 2.25. The van der Waals surface area contributed by atoms with Crippen LogP contribution in [0.4, 0.5) is 5.69 Å². The van der Waals surface area contributed by atoms with Gasteiger partial charge in [-0.3, -0.25) is 4.79 Å². The molecule has 1 aromatic carbocycles. The van der Waals surface area contributed by atoms with Crippen LogP contribution in [0.2, 0.25) is 0 Å². The van der Waals surface area contributed by atoms with Crippen LogP contribution in [0.25, 0.3) is 0 Å². The number of nitrogens with zero attached hydrogens (tertiary/aromatic N) is 1. The lowest BCUT2D eigenvalue weighted by Crippen LogP contribution is -2.40. The van der Waals surface area contributed by atoms with Crippen molar-refractivity contribution in [3.8, 4) is 0 Å². The van der Waals surface area contributed by atoms with Crippen LogP contribution in [0.15, 0.2) is 27.6 Å². The number of likely N-dealkylation sites (N-methyl/N-ethyl adjacent to an activating group) is 1. The molecule has 0 saturated heterocycles. The number of anilines is 1. The second-order valence-corrected chi connectivity index (χ2v) is 7.59. The summed E-state index contributed by atoms with van der Waals surface area (Å²) < 4.78 is 26.3. The summed E-state index contributed by atoms with van der Waals surface area (Å²) in [5.74, 6) is -0.361. The number of nitrogen functional groups attached to an aromatic ring is 1. The Balaban J connectivity index is 2.98. The van der Waals surface area contributed by atoms with Gasteiger partial charge < -0.3 is 11.1 Å². The molecule has 0 heterocycles. The molecule has 0 atom stereocenters. The molecular weight excluding hydrogens is 346 g/mol. The average Bonchev–Trinajstić information content (AvgIpc) is 2.30. The SMILES string of the molecule is CC(C)NC(=O)CN(C)S(=O)(=O)c1cc(Br)ccc1N. The normalized spacial score (nSPS) is 11.9. The van der Waals surface area contributed by atoms with Gasteiger partial charge in [-0.05, 0) is 32.0 Å². The van der Waals surface area contributed by atoms with Crippen LogP contribution >= 0.6 is 15.9 Å². The van der Waals surface area contributed by atoms with E-state index in [1.54, 1.807) is 19.9 Å². The molecule has 8 heteroatoms. The van der Waals surface area contributed by atoms with Gasteiger partial charge in [0.1, 0.15) is 4.90 Å². The van der Waals surface area contributed by atoms with Gasteiger partial charge in [0.05, 0.1) is 12.2 Å². The summed E-state index contributed by atoms with van der Waals surface area (Å²) in [6, 6.07) is 4.52. The Morgan fingerprint density at radius 3 is 2.60 bits per heavy atom. The van der Waals surface area contributed by atoms with Crippen LogP contribution in [0.1, 0.15) is 13.8 Å². The van der Waals surface area contributed by atoms with Crippen molar-refractivity contribution in [2.45, 2.75) is 24.8 Å². The standard InChI is InChI=1S/C12H18BrN3O3S/c1-8(2)15-12(17)7-16(3)20(18,19)11-6-9(13)4-5-10(11)14/h4-6,8H,7,14H2,1-3H3,(H,15,17). The highest BCUT2D eigenvalue weighted by molar-refractivity contribution is 9.10. The van der Waals surface area contributed by atoms with Gasteiger partial charge in [-0.25, -0.2) is 8.42 Å². The fourth-order valence-corrected chi connectivity index (χ4v) is 3.33. The average molecular weight is 364 g/mol. The van der Waals surface area contributed by atoms with Gasteiger partial charge in [-0.2, -0.15) is 4.31 Å². The molecule has 1 aromatic rings. The molecule has 0 radical (unpaired) electrons. The van der Waals surface area contributed by atoms with Crippen LogP contribution in [0.5, 0.6) is 0 Å². The Labute approximate surface area is 127 Å². The summed E-state index contributed by atoms with van der Waals surface area (Å²) in [4.78, 5) is 11.6. The third kappa shape index (κ3) is 4.19. The second kappa shape index (κ2) is 6.55. The summed E-state index contributed by atoms with van der Waals surface area (Å²) in [6.45, 7) is 3.35.